The molecule has 1 aromatic rings. The van der Waals surface area contributed by atoms with Crippen LogP contribution in [-0.4, -0.2) is 14.9 Å². The van der Waals surface area contributed by atoms with Gasteiger partial charge in [0.1, 0.15) is 5.82 Å². The van der Waals surface area contributed by atoms with Crippen LogP contribution in [0, 0.1) is 0 Å². The quantitative estimate of drug-likeness (QED) is 0.680. The van der Waals surface area contributed by atoms with E-state index in [2.05, 4.69) is 5.10 Å². The molecule has 0 aliphatic heterocycles. The maximum atomic E-state index is 8.87. The third-order valence-electron chi connectivity index (χ3n) is 2.50. The van der Waals surface area contributed by atoms with Crippen LogP contribution < -0.4 is 5.73 Å². The number of hydrogen-bond donors (Lipinski definition) is 2. The Labute approximate surface area is 71.0 Å². The number of anilines is 1. The molecule has 12 heavy (non-hydrogen) atoms. The van der Waals surface area contributed by atoms with Crippen LogP contribution >= 0.6 is 0 Å². The van der Waals surface area contributed by atoms with E-state index >= 15 is 0 Å². The van der Waals surface area contributed by atoms with Crippen molar-refractivity contribution in [3.05, 3.63) is 11.8 Å². The highest BCUT2D eigenvalue weighted by Gasteiger charge is 2.22. The van der Waals surface area contributed by atoms with Gasteiger partial charge in [0, 0.05) is 5.56 Å². The topological polar surface area (TPSA) is 64.1 Å². The summed E-state index contributed by atoms with van der Waals surface area (Å²) in [5.74, 6) is 0.627. The molecule has 0 spiro atoms. The maximum Gasteiger partial charge on any atom is 0.127 e. The molecule has 0 aromatic carbocycles. The molecule has 0 bridgehead atoms. The molecule has 66 valence electrons. The van der Waals surface area contributed by atoms with Crippen molar-refractivity contribution in [1.82, 2.24) is 9.78 Å². The number of aliphatic hydroxyl groups excluding tert-OH is 1. The van der Waals surface area contributed by atoms with Gasteiger partial charge < -0.3 is 10.8 Å². The Kier molecular flexibility index (Phi) is 1.77. The first-order chi connectivity index (χ1) is 5.83. The van der Waals surface area contributed by atoms with Crippen molar-refractivity contribution in [1.29, 1.82) is 0 Å². The molecule has 1 aliphatic carbocycles. The SMILES string of the molecule is Nc1c(CO)cnn1C1CCC1. The molecule has 4 nitrogen and oxygen atoms in total. The Balaban J connectivity index is 2.25. The number of nitrogen functional groups attached to an aromatic ring is 1. The molecule has 2 rings (SSSR count). The minimum absolute atomic E-state index is 0.0153. The summed E-state index contributed by atoms with van der Waals surface area (Å²) in [4.78, 5) is 0. The zero-order valence-corrected chi connectivity index (χ0v) is 6.90. The summed E-state index contributed by atoms with van der Waals surface area (Å²) < 4.78 is 1.83. The van der Waals surface area contributed by atoms with Crippen LogP contribution in [0.5, 0.6) is 0 Å². The zero-order valence-electron chi connectivity index (χ0n) is 6.90. The molecule has 0 saturated heterocycles. The van der Waals surface area contributed by atoms with Gasteiger partial charge in [0.15, 0.2) is 0 Å². The highest BCUT2D eigenvalue weighted by molar-refractivity contribution is 5.38. The van der Waals surface area contributed by atoms with Gasteiger partial charge in [-0.25, -0.2) is 4.68 Å². The van der Waals surface area contributed by atoms with Crippen molar-refractivity contribution in [2.45, 2.75) is 31.9 Å². The first-order valence-corrected chi connectivity index (χ1v) is 4.25. The third kappa shape index (κ3) is 0.992. The van der Waals surface area contributed by atoms with Gasteiger partial charge in [0.05, 0.1) is 18.8 Å². The van der Waals surface area contributed by atoms with Crippen molar-refractivity contribution in [2.75, 3.05) is 5.73 Å². The van der Waals surface area contributed by atoms with E-state index in [9.17, 15) is 0 Å². The van der Waals surface area contributed by atoms with Gasteiger partial charge in [-0.3, -0.25) is 0 Å². The van der Waals surface area contributed by atoms with Gasteiger partial charge in [0.25, 0.3) is 0 Å². The number of aromatic nitrogens is 2. The molecule has 1 fully saturated rings. The molecule has 1 saturated carbocycles. The number of aliphatic hydroxyl groups is 1. The third-order valence-corrected chi connectivity index (χ3v) is 2.50. The van der Waals surface area contributed by atoms with E-state index in [0.717, 1.165) is 18.4 Å². The van der Waals surface area contributed by atoms with E-state index in [0.29, 0.717) is 11.9 Å². The van der Waals surface area contributed by atoms with E-state index in [1.165, 1.54) is 6.42 Å². The largest absolute Gasteiger partial charge is 0.391 e. The first kappa shape index (κ1) is 7.61. The lowest BCUT2D eigenvalue weighted by Crippen LogP contribution is -2.19. The van der Waals surface area contributed by atoms with Crippen molar-refractivity contribution in [3.8, 4) is 0 Å². The van der Waals surface area contributed by atoms with Crippen molar-refractivity contribution in [3.63, 3.8) is 0 Å². The van der Waals surface area contributed by atoms with Crippen molar-refractivity contribution < 1.29 is 5.11 Å². The maximum absolute atomic E-state index is 8.87. The lowest BCUT2D eigenvalue weighted by Gasteiger charge is -2.26. The predicted molar refractivity (Wildman–Crippen MR) is 45.5 cm³/mol. The number of nitrogens with zero attached hydrogens (tertiary/aromatic N) is 2. The zero-order chi connectivity index (χ0) is 8.55. The monoisotopic (exact) mass is 167 g/mol. The Hall–Kier alpha value is -1.03. The van der Waals surface area contributed by atoms with Gasteiger partial charge in [-0.2, -0.15) is 5.10 Å². The normalized spacial score (nSPS) is 17.8. The molecule has 0 atom stereocenters. The van der Waals surface area contributed by atoms with E-state index in [1.54, 1.807) is 6.20 Å². The van der Waals surface area contributed by atoms with Crippen LogP contribution in [0.2, 0.25) is 0 Å². The number of nitrogens with two attached hydrogens (primary N) is 1. The summed E-state index contributed by atoms with van der Waals surface area (Å²) in [5, 5.41) is 13.0. The minimum atomic E-state index is -0.0153. The van der Waals surface area contributed by atoms with Crippen molar-refractivity contribution >= 4 is 5.82 Å². The molecule has 1 aromatic heterocycles. The Morgan fingerprint density at radius 2 is 2.42 bits per heavy atom. The van der Waals surface area contributed by atoms with Crippen LogP contribution in [0.3, 0.4) is 0 Å². The second kappa shape index (κ2) is 2.79. The summed E-state index contributed by atoms with van der Waals surface area (Å²) in [5.41, 5.74) is 6.50. The smallest absolute Gasteiger partial charge is 0.127 e. The van der Waals surface area contributed by atoms with Gasteiger partial charge in [-0.15, -0.1) is 0 Å². The fraction of sp³-hybridized carbons (Fsp3) is 0.625. The molecular weight excluding hydrogens is 154 g/mol. The van der Waals surface area contributed by atoms with E-state index in [1.807, 2.05) is 4.68 Å². The molecule has 4 heteroatoms. The Morgan fingerprint density at radius 3 is 2.83 bits per heavy atom. The fourth-order valence-electron chi connectivity index (χ4n) is 1.45. The average Bonchev–Trinajstić information content (AvgIpc) is 2.30. The van der Waals surface area contributed by atoms with E-state index in [-0.39, 0.29) is 6.61 Å². The fourth-order valence-corrected chi connectivity index (χ4v) is 1.45. The van der Waals surface area contributed by atoms with Gasteiger partial charge in [-0.1, -0.05) is 0 Å². The summed E-state index contributed by atoms with van der Waals surface area (Å²) in [6, 6.07) is 0.477. The second-order valence-corrected chi connectivity index (χ2v) is 3.24. The molecule has 1 aliphatic rings. The number of rotatable bonds is 2. The Bertz CT molecular complexity index is 278. The molecule has 0 radical (unpaired) electrons. The second-order valence-electron chi connectivity index (χ2n) is 3.24. The summed E-state index contributed by atoms with van der Waals surface area (Å²) in [6.45, 7) is -0.0153. The van der Waals surface area contributed by atoms with Crippen molar-refractivity contribution in [2.24, 2.45) is 0 Å². The highest BCUT2D eigenvalue weighted by Crippen LogP contribution is 2.33. The Morgan fingerprint density at radius 1 is 1.67 bits per heavy atom. The van der Waals surface area contributed by atoms with Crippen LogP contribution in [0.4, 0.5) is 5.82 Å². The standard InChI is InChI=1S/C8H13N3O/c9-8-6(5-12)4-10-11(8)7-2-1-3-7/h4,7,12H,1-3,5,9H2. The van der Waals surface area contributed by atoms with Crippen LogP contribution in [0.1, 0.15) is 30.9 Å². The summed E-state index contributed by atoms with van der Waals surface area (Å²) >= 11 is 0. The molecular formula is C8H13N3O. The molecule has 0 amide bonds. The first-order valence-electron chi connectivity index (χ1n) is 4.25. The predicted octanol–water partition coefficient (Wildman–Crippen LogP) is 0.683. The van der Waals surface area contributed by atoms with E-state index in [4.69, 9.17) is 10.8 Å². The van der Waals surface area contributed by atoms with Gasteiger partial charge >= 0.3 is 0 Å². The lowest BCUT2D eigenvalue weighted by atomic mass is 9.93. The molecule has 0 unspecified atom stereocenters. The van der Waals surface area contributed by atoms with Crippen LogP contribution in [0.25, 0.3) is 0 Å². The highest BCUT2D eigenvalue weighted by atomic mass is 16.3. The van der Waals surface area contributed by atoms with Gasteiger partial charge in [-0.05, 0) is 19.3 Å². The summed E-state index contributed by atoms with van der Waals surface area (Å²) in [6.07, 6.45) is 5.24. The van der Waals surface area contributed by atoms with E-state index < -0.39 is 0 Å². The summed E-state index contributed by atoms with van der Waals surface area (Å²) in [7, 11) is 0. The minimum Gasteiger partial charge on any atom is -0.391 e. The van der Waals surface area contributed by atoms with Crippen LogP contribution in [-0.2, 0) is 6.61 Å². The lowest BCUT2D eigenvalue weighted by molar-refractivity contribution is 0.279. The molecule has 3 N–H and O–H groups in total. The van der Waals surface area contributed by atoms with Crippen LogP contribution in [0.15, 0.2) is 6.20 Å². The van der Waals surface area contributed by atoms with Gasteiger partial charge in [0.2, 0.25) is 0 Å². The molecule has 1 heterocycles. The average molecular weight is 167 g/mol. The number of hydrogen-bond acceptors (Lipinski definition) is 3.